The number of likely N-dealkylation sites (N-methyl/N-ethyl adjacent to an activating group) is 1. The third-order valence-electron chi connectivity index (χ3n) is 7.44. The Kier molecular flexibility index (Phi) is 6.71. The maximum Gasteiger partial charge on any atom is 0.191 e. The summed E-state index contributed by atoms with van der Waals surface area (Å²) in [5.41, 5.74) is 4.36. The van der Waals surface area contributed by atoms with E-state index in [1.54, 1.807) is 0 Å². The minimum Gasteiger partial charge on any atom is -0.452 e. The van der Waals surface area contributed by atoms with Crippen LogP contribution in [0.3, 0.4) is 0 Å². The van der Waals surface area contributed by atoms with Crippen LogP contribution in [0.15, 0.2) is 142 Å². The molecule has 0 aliphatic carbocycles. The van der Waals surface area contributed by atoms with Crippen molar-refractivity contribution in [2.45, 2.75) is 19.3 Å². The summed E-state index contributed by atoms with van der Waals surface area (Å²) in [4.78, 5) is 2.30. The number of para-hydroxylation sites is 1. The molecule has 0 aromatic heterocycles. The average Bonchev–Trinajstić information content (AvgIpc) is 3.15. The zero-order chi connectivity index (χ0) is 27.0. The summed E-state index contributed by atoms with van der Waals surface area (Å²) in [5.74, 6) is 3.16. The summed E-state index contributed by atoms with van der Waals surface area (Å²) >= 11 is 3.58. The summed E-state index contributed by atoms with van der Waals surface area (Å²) < 4.78 is 13.8. The van der Waals surface area contributed by atoms with Crippen LogP contribution in [0.2, 0.25) is 0 Å². The van der Waals surface area contributed by atoms with Gasteiger partial charge in [-0.25, -0.2) is 4.74 Å². The number of nitrogens with zero attached hydrogens (tertiary/aromatic N) is 2. The Hall–Kier alpha value is -3.59. The summed E-state index contributed by atoms with van der Waals surface area (Å²) in [6.45, 7) is 4.58. The molecule has 3 nitrogen and oxygen atoms in total. The van der Waals surface area contributed by atoms with Crippen LogP contribution < -0.4 is 14.7 Å². The Morgan fingerprint density at radius 3 is 2.21 bits per heavy atom. The molecule has 0 spiro atoms. The van der Waals surface area contributed by atoms with Gasteiger partial charge in [-0.1, -0.05) is 103 Å². The topological polar surface area (TPSA) is 24.8 Å². The van der Waals surface area contributed by atoms with E-state index in [0.717, 1.165) is 32.0 Å². The second kappa shape index (κ2) is 10.2. The largest absolute Gasteiger partial charge is 0.452 e. The van der Waals surface area contributed by atoms with Gasteiger partial charge in [0.05, 0.1) is 5.69 Å². The second-order valence-electron chi connectivity index (χ2n) is 10.3. The van der Waals surface area contributed by atoms with E-state index >= 15 is 0 Å². The van der Waals surface area contributed by atoms with Gasteiger partial charge in [-0.05, 0) is 59.5 Å². The number of benzene rings is 5. The van der Waals surface area contributed by atoms with Gasteiger partial charge in [-0.15, -0.1) is 0 Å². The minimum absolute atomic E-state index is 0.220. The van der Waals surface area contributed by atoms with Crippen LogP contribution in [0, 0.1) is 0 Å². The molecule has 1 aliphatic heterocycles. The first-order chi connectivity index (χ1) is 18.9. The smallest absolute Gasteiger partial charge is 0.191 e. The number of anilines is 1. The van der Waals surface area contributed by atoms with E-state index in [4.69, 9.17) is 9.27 Å². The first-order valence-corrected chi connectivity index (χ1v) is 15.6. The number of halogens is 1. The van der Waals surface area contributed by atoms with Gasteiger partial charge in [-0.2, -0.15) is 0 Å². The molecule has 1 heterocycles. The molecule has 194 valence electrons. The summed E-state index contributed by atoms with van der Waals surface area (Å²) in [5, 5.41) is 3.28. The average molecular weight is 594 g/mol. The fourth-order valence-corrected chi connectivity index (χ4v) is 8.55. The Morgan fingerprint density at radius 1 is 0.769 bits per heavy atom. The second-order valence-corrected chi connectivity index (χ2v) is 13.6. The number of allylic oxidation sites excluding steroid dienone is 1. The Balaban J connectivity index is 1.66. The lowest BCUT2D eigenvalue weighted by Crippen LogP contribution is -2.24. The standard InChI is InChI=1S/C34H30BrN2OP/c1-34(2)30-17-9-10-18-31(30)37(3)33(34)24-39(28-14-5-4-6-15-28,36-27-22-20-26(35)21-23-27)38-32-19-11-13-25-12-7-8-16-29(25)32/h4-24H,1-3H3/b33-24+/t39-/m0/s1. The lowest BCUT2D eigenvalue weighted by Gasteiger charge is -2.30. The Morgan fingerprint density at radius 2 is 1.44 bits per heavy atom. The fourth-order valence-electron chi connectivity index (χ4n) is 5.40. The molecular formula is C34H30BrN2OP. The van der Waals surface area contributed by atoms with Crippen molar-refractivity contribution >= 4 is 50.7 Å². The minimum atomic E-state index is -2.80. The highest BCUT2D eigenvalue weighted by molar-refractivity contribution is 9.10. The molecule has 5 aromatic carbocycles. The summed E-state index contributed by atoms with van der Waals surface area (Å²) in [6.07, 6.45) is 0. The van der Waals surface area contributed by atoms with E-state index < -0.39 is 7.28 Å². The van der Waals surface area contributed by atoms with Crippen molar-refractivity contribution in [2.24, 2.45) is 4.74 Å². The van der Waals surface area contributed by atoms with Crippen LogP contribution >= 0.6 is 23.2 Å². The molecule has 0 unspecified atom stereocenters. The van der Waals surface area contributed by atoms with Crippen molar-refractivity contribution in [3.05, 3.63) is 143 Å². The van der Waals surface area contributed by atoms with Gasteiger partial charge in [0.15, 0.2) is 7.28 Å². The van der Waals surface area contributed by atoms with E-state index in [1.165, 1.54) is 16.9 Å². The van der Waals surface area contributed by atoms with Crippen LogP contribution in [-0.4, -0.2) is 7.05 Å². The molecule has 6 rings (SSSR count). The van der Waals surface area contributed by atoms with E-state index in [2.05, 4.69) is 139 Å². The van der Waals surface area contributed by atoms with Crippen molar-refractivity contribution in [2.75, 3.05) is 11.9 Å². The van der Waals surface area contributed by atoms with E-state index in [9.17, 15) is 0 Å². The normalized spacial score (nSPS) is 16.6. The Labute approximate surface area is 239 Å². The SMILES string of the molecule is CN1/C(=C/[P@](=Nc2ccc(Br)cc2)(Oc2cccc3ccccc23)c2ccccc2)C(C)(C)c2ccccc21. The molecule has 0 saturated carbocycles. The van der Waals surface area contributed by atoms with Crippen molar-refractivity contribution in [1.82, 2.24) is 0 Å². The third kappa shape index (κ3) is 4.73. The quantitative estimate of drug-likeness (QED) is 0.190. The van der Waals surface area contributed by atoms with Crippen LogP contribution in [0.5, 0.6) is 5.75 Å². The van der Waals surface area contributed by atoms with Gasteiger partial charge in [0, 0.05) is 44.8 Å². The molecule has 0 bridgehead atoms. The summed E-state index contributed by atoms with van der Waals surface area (Å²) in [7, 11) is -0.651. The van der Waals surface area contributed by atoms with Crippen molar-refractivity contribution in [3.63, 3.8) is 0 Å². The summed E-state index contributed by atoms with van der Waals surface area (Å²) in [6, 6.07) is 41.9. The van der Waals surface area contributed by atoms with Crippen molar-refractivity contribution < 1.29 is 4.52 Å². The molecule has 5 heteroatoms. The predicted octanol–water partition coefficient (Wildman–Crippen LogP) is 10.0. The number of rotatable bonds is 5. The lowest BCUT2D eigenvalue weighted by molar-refractivity contribution is 0.619. The predicted molar refractivity (Wildman–Crippen MR) is 170 cm³/mol. The van der Waals surface area contributed by atoms with Gasteiger partial charge in [0.25, 0.3) is 0 Å². The first-order valence-electron chi connectivity index (χ1n) is 13.0. The molecule has 0 N–H and O–H groups in total. The van der Waals surface area contributed by atoms with Gasteiger partial charge >= 0.3 is 0 Å². The molecule has 0 saturated heterocycles. The maximum atomic E-state index is 7.27. The van der Waals surface area contributed by atoms with Gasteiger partial charge < -0.3 is 9.42 Å². The van der Waals surface area contributed by atoms with Crippen LogP contribution in [0.25, 0.3) is 10.8 Å². The monoisotopic (exact) mass is 592 g/mol. The molecule has 0 fully saturated rings. The van der Waals surface area contributed by atoms with E-state index in [1.807, 2.05) is 30.3 Å². The molecule has 1 atom stereocenters. The highest BCUT2D eigenvalue weighted by atomic mass is 79.9. The highest BCUT2D eigenvalue weighted by Gasteiger charge is 2.40. The van der Waals surface area contributed by atoms with Crippen LogP contribution in [0.4, 0.5) is 11.4 Å². The van der Waals surface area contributed by atoms with Crippen LogP contribution in [-0.2, 0) is 5.41 Å². The highest BCUT2D eigenvalue weighted by Crippen LogP contribution is 2.59. The number of hydrogen-bond acceptors (Lipinski definition) is 3. The zero-order valence-electron chi connectivity index (χ0n) is 22.3. The molecule has 0 radical (unpaired) electrons. The first kappa shape index (κ1) is 25.7. The van der Waals surface area contributed by atoms with Crippen LogP contribution in [0.1, 0.15) is 19.4 Å². The van der Waals surface area contributed by atoms with E-state index in [0.29, 0.717) is 0 Å². The number of hydrogen-bond donors (Lipinski definition) is 0. The molecule has 5 aromatic rings. The van der Waals surface area contributed by atoms with Crippen molar-refractivity contribution in [3.8, 4) is 5.75 Å². The van der Waals surface area contributed by atoms with Gasteiger partial charge in [0.2, 0.25) is 0 Å². The fraction of sp³-hybridized carbons (Fsp3) is 0.118. The van der Waals surface area contributed by atoms with Gasteiger partial charge in [0.1, 0.15) is 5.75 Å². The molecular weight excluding hydrogens is 563 g/mol. The molecule has 1 aliphatic rings. The van der Waals surface area contributed by atoms with Crippen molar-refractivity contribution in [1.29, 1.82) is 0 Å². The van der Waals surface area contributed by atoms with E-state index in [-0.39, 0.29) is 5.41 Å². The molecule has 0 amide bonds. The Bertz CT molecular complexity index is 1740. The number of fused-ring (bicyclic) bond motifs is 2. The lowest BCUT2D eigenvalue weighted by atomic mass is 9.84. The third-order valence-corrected chi connectivity index (χ3v) is 10.6. The zero-order valence-corrected chi connectivity index (χ0v) is 24.7. The maximum absolute atomic E-state index is 7.27. The van der Waals surface area contributed by atoms with Gasteiger partial charge in [-0.3, -0.25) is 0 Å². The molecule has 39 heavy (non-hydrogen) atoms.